The Morgan fingerprint density at radius 2 is 2.21 bits per heavy atom. The molecule has 0 saturated carbocycles. The summed E-state index contributed by atoms with van der Waals surface area (Å²) in [5, 5.41) is 18.2. The molecule has 1 N–H and O–H groups in total. The number of aromatic nitrogens is 2. The standard InChI is InChI=1S/C12H14N2O4S/c15-12(16)8-17-7-11-14-13-10(18-11)5-1-3-9-4-2-6-19-9/h2,4,6H,1,3,5,7-8H2,(H,15,16). The van der Waals surface area contributed by atoms with E-state index < -0.39 is 5.97 Å². The first-order valence-electron chi connectivity index (χ1n) is 5.87. The van der Waals surface area contributed by atoms with Crippen molar-refractivity contribution in [1.82, 2.24) is 10.2 Å². The van der Waals surface area contributed by atoms with Crippen molar-refractivity contribution in [3.8, 4) is 0 Å². The third kappa shape index (κ3) is 4.80. The summed E-state index contributed by atoms with van der Waals surface area (Å²) in [6.07, 6.45) is 2.65. The molecule has 0 saturated heterocycles. The van der Waals surface area contributed by atoms with Gasteiger partial charge in [-0.3, -0.25) is 0 Å². The maximum Gasteiger partial charge on any atom is 0.329 e. The Bertz CT molecular complexity index is 510. The van der Waals surface area contributed by atoms with Gasteiger partial charge in [0.25, 0.3) is 0 Å². The highest BCUT2D eigenvalue weighted by atomic mass is 32.1. The first-order chi connectivity index (χ1) is 9.24. The third-order valence-electron chi connectivity index (χ3n) is 2.35. The van der Waals surface area contributed by atoms with Gasteiger partial charge >= 0.3 is 5.97 Å². The fourth-order valence-corrected chi connectivity index (χ4v) is 2.29. The molecular formula is C12H14N2O4S. The molecule has 0 fully saturated rings. The Morgan fingerprint density at radius 1 is 1.37 bits per heavy atom. The van der Waals surface area contributed by atoms with Crippen LogP contribution in [-0.2, 0) is 29.0 Å². The fourth-order valence-electron chi connectivity index (χ4n) is 1.54. The molecule has 2 aromatic heterocycles. The lowest BCUT2D eigenvalue weighted by Gasteiger charge is -1.96. The van der Waals surface area contributed by atoms with E-state index in [1.165, 1.54) is 4.88 Å². The monoisotopic (exact) mass is 282 g/mol. The lowest BCUT2D eigenvalue weighted by Crippen LogP contribution is -2.06. The van der Waals surface area contributed by atoms with E-state index >= 15 is 0 Å². The highest BCUT2D eigenvalue weighted by molar-refractivity contribution is 7.09. The lowest BCUT2D eigenvalue weighted by atomic mass is 10.2. The van der Waals surface area contributed by atoms with Crippen LogP contribution in [0.5, 0.6) is 0 Å². The molecule has 19 heavy (non-hydrogen) atoms. The summed E-state index contributed by atoms with van der Waals surface area (Å²) in [6, 6.07) is 4.13. The van der Waals surface area contributed by atoms with Gasteiger partial charge in [0, 0.05) is 11.3 Å². The molecule has 0 spiro atoms. The van der Waals surface area contributed by atoms with Crippen molar-refractivity contribution >= 4 is 17.3 Å². The summed E-state index contributed by atoms with van der Waals surface area (Å²) in [7, 11) is 0. The zero-order chi connectivity index (χ0) is 13.5. The summed E-state index contributed by atoms with van der Waals surface area (Å²) < 4.78 is 10.2. The van der Waals surface area contributed by atoms with Crippen molar-refractivity contribution in [1.29, 1.82) is 0 Å². The Morgan fingerprint density at radius 3 is 2.95 bits per heavy atom. The smallest absolute Gasteiger partial charge is 0.329 e. The second kappa shape index (κ2) is 7.01. The van der Waals surface area contributed by atoms with E-state index in [1.807, 2.05) is 6.07 Å². The molecule has 102 valence electrons. The summed E-state index contributed by atoms with van der Waals surface area (Å²) in [5.41, 5.74) is 0. The number of carbonyl (C=O) groups is 1. The number of ether oxygens (including phenoxy) is 1. The Labute approximate surface area is 114 Å². The number of thiophene rings is 1. The van der Waals surface area contributed by atoms with E-state index in [1.54, 1.807) is 11.3 Å². The first kappa shape index (κ1) is 13.7. The summed E-state index contributed by atoms with van der Waals surface area (Å²) in [5.74, 6) is -0.145. The van der Waals surface area contributed by atoms with Crippen LogP contribution in [0.1, 0.15) is 23.1 Å². The van der Waals surface area contributed by atoms with Crippen LogP contribution in [0.2, 0.25) is 0 Å². The van der Waals surface area contributed by atoms with Crippen molar-refractivity contribution in [2.45, 2.75) is 25.9 Å². The van der Waals surface area contributed by atoms with Crippen LogP contribution in [-0.4, -0.2) is 27.9 Å². The van der Waals surface area contributed by atoms with Crippen molar-refractivity contribution in [3.63, 3.8) is 0 Å². The maximum atomic E-state index is 10.3. The molecule has 0 aliphatic heterocycles. The largest absolute Gasteiger partial charge is 0.480 e. The highest BCUT2D eigenvalue weighted by Crippen LogP contribution is 2.13. The SMILES string of the molecule is O=C(O)COCc1nnc(CCCc2cccs2)o1. The van der Waals surface area contributed by atoms with Crippen molar-refractivity contribution in [2.75, 3.05) is 6.61 Å². The van der Waals surface area contributed by atoms with Gasteiger partial charge in [-0.1, -0.05) is 6.07 Å². The van der Waals surface area contributed by atoms with E-state index in [0.29, 0.717) is 18.2 Å². The van der Waals surface area contributed by atoms with Crippen molar-refractivity contribution < 1.29 is 19.1 Å². The van der Waals surface area contributed by atoms with Crippen LogP contribution >= 0.6 is 11.3 Å². The number of aryl methyl sites for hydroxylation is 2. The van der Waals surface area contributed by atoms with Gasteiger partial charge in [-0.25, -0.2) is 4.79 Å². The summed E-state index contributed by atoms with van der Waals surface area (Å²) in [4.78, 5) is 11.6. The molecule has 0 bridgehead atoms. The predicted molar refractivity (Wildman–Crippen MR) is 67.9 cm³/mol. The van der Waals surface area contributed by atoms with Crippen molar-refractivity contribution in [3.05, 3.63) is 34.2 Å². The Kier molecular flexibility index (Phi) is 5.05. The number of hydrogen-bond acceptors (Lipinski definition) is 6. The topological polar surface area (TPSA) is 85.5 Å². The molecule has 0 aromatic carbocycles. The van der Waals surface area contributed by atoms with Gasteiger partial charge in [-0.2, -0.15) is 0 Å². The van der Waals surface area contributed by atoms with E-state index in [0.717, 1.165) is 12.8 Å². The Hall–Kier alpha value is -1.73. The number of nitrogens with zero attached hydrogens (tertiary/aromatic N) is 2. The van der Waals surface area contributed by atoms with Crippen LogP contribution < -0.4 is 0 Å². The lowest BCUT2D eigenvalue weighted by molar-refractivity contribution is -0.142. The molecule has 7 heteroatoms. The Balaban J connectivity index is 1.70. The van der Waals surface area contributed by atoms with Crippen LogP contribution in [0, 0.1) is 0 Å². The molecule has 2 aromatic rings. The second-order valence-electron chi connectivity index (χ2n) is 3.91. The molecule has 0 aliphatic rings. The van der Waals surface area contributed by atoms with Crippen molar-refractivity contribution in [2.24, 2.45) is 0 Å². The molecule has 6 nitrogen and oxygen atoms in total. The van der Waals surface area contributed by atoms with Crippen LogP contribution in [0.4, 0.5) is 0 Å². The number of hydrogen-bond donors (Lipinski definition) is 1. The van der Waals surface area contributed by atoms with Gasteiger partial charge in [0.1, 0.15) is 13.2 Å². The second-order valence-corrected chi connectivity index (χ2v) is 4.94. The quantitative estimate of drug-likeness (QED) is 0.796. The van der Waals surface area contributed by atoms with Crippen LogP contribution in [0.3, 0.4) is 0 Å². The zero-order valence-corrected chi connectivity index (χ0v) is 11.1. The number of rotatable bonds is 8. The summed E-state index contributed by atoms with van der Waals surface area (Å²) >= 11 is 1.73. The minimum absolute atomic E-state index is 0.0320. The van der Waals surface area contributed by atoms with Gasteiger partial charge in [-0.15, -0.1) is 21.5 Å². The molecule has 2 rings (SSSR count). The molecule has 0 aliphatic carbocycles. The van der Waals surface area contributed by atoms with Gasteiger partial charge < -0.3 is 14.3 Å². The zero-order valence-electron chi connectivity index (χ0n) is 10.2. The minimum Gasteiger partial charge on any atom is -0.480 e. The fraction of sp³-hybridized carbons (Fsp3) is 0.417. The van der Waals surface area contributed by atoms with Crippen LogP contribution in [0.25, 0.3) is 0 Å². The predicted octanol–water partition coefficient (Wildman–Crippen LogP) is 1.91. The van der Waals surface area contributed by atoms with Gasteiger partial charge in [-0.05, 0) is 24.3 Å². The molecule has 0 unspecified atom stereocenters. The molecular weight excluding hydrogens is 268 g/mol. The molecule has 0 radical (unpaired) electrons. The number of aliphatic carboxylic acids is 1. The average Bonchev–Trinajstić information content (AvgIpc) is 3.00. The van der Waals surface area contributed by atoms with E-state index in [9.17, 15) is 4.79 Å². The number of carboxylic acids is 1. The summed E-state index contributed by atoms with van der Waals surface area (Å²) in [6.45, 7) is -0.333. The molecule has 0 amide bonds. The normalized spacial score (nSPS) is 10.7. The van der Waals surface area contributed by atoms with E-state index in [4.69, 9.17) is 14.3 Å². The highest BCUT2D eigenvalue weighted by Gasteiger charge is 2.07. The average molecular weight is 282 g/mol. The molecule has 2 heterocycles. The molecule has 0 atom stereocenters. The third-order valence-corrected chi connectivity index (χ3v) is 3.29. The van der Waals surface area contributed by atoms with Gasteiger partial charge in [0.05, 0.1) is 0 Å². The van der Waals surface area contributed by atoms with Gasteiger partial charge in [0.15, 0.2) is 0 Å². The van der Waals surface area contributed by atoms with Crippen LogP contribution in [0.15, 0.2) is 21.9 Å². The minimum atomic E-state index is -1.02. The van der Waals surface area contributed by atoms with E-state index in [-0.39, 0.29) is 13.2 Å². The van der Waals surface area contributed by atoms with E-state index in [2.05, 4.69) is 21.6 Å². The number of carboxylic acid groups (broad SMARTS) is 1. The maximum absolute atomic E-state index is 10.3. The first-order valence-corrected chi connectivity index (χ1v) is 6.75. The van der Waals surface area contributed by atoms with Gasteiger partial charge in [0.2, 0.25) is 11.8 Å².